The molecule has 0 radical (unpaired) electrons. The summed E-state index contributed by atoms with van der Waals surface area (Å²) in [4.78, 5) is 12.3. The Hall–Kier alpha value is -1.22. The second-order valence-corrected chi connectivity index (χ2v) is 3.74. The van der Waals surface area contributed by atoms with Crippen molar-refractivity contribution >= 4 is 18.0 Å². The van der Waals surface area contributed by atoms with Crippen LogP contribution in [-0.4, -0.2) is 23.0 Å². The van der Waals surface area contributed by atoms with Crippen molar-refractivity contribution in [3.8, 4) is 5.75 Å². The third kappa shape index (κ3) is 1.44. The highest BCUT2D eigenvalue weighted by molar-refractivity contribution is 6.32. The van der Waals surface area contributed by atoms with E-state index in [2.05, 4.69) is 0 Å². The Labute approximate surface area is 86.9 Å². The van der Waals surface area contributed by atoms with E-state index in [1.54, 1.807) is 11.0 Å². The molecule has 1 aliphatic heterocycles. The van der Waals surface area contributed by atoms with Gasteiger partial charge in [-0.15, -0.1) is 0 Å². The minimum absolute atomic E-state index is 0.116. The van der Waals surface area contributed by atoms with Crippen molar-refractivity contribution < 1.29 is 9.90 Å². The highest BCUT2D eigenvalue weighted by Crippen LogP contribution is 2.32. The third-order valence-corrected chi connectivity index (χ3v) is 2.91. The molecule has 1 N–H and O–H groups in total. The second-order valence-electron chi connectivity index (χ2n) is 3.36. The average Bonchev–Trinajstić information content (AvgIpc) is 2.23. The Morgan fingerprint density at radius 2 is 2.29 bits per heavy atom. The molecule has 2 rings (SSSR count). The Morgan fingerprint density at radius 3 is 3.00 bits per heavy atom. The van der Waals surface area contributed by atoms with Gasteiger partial charge in [0.2, 0.25) is 6.41 Å². The van der Waals surface area contributed by atoms with E-state index in [4.69, 9.17) is 11.6 Å². The molecule has 1 aromatic rings. The normalized spacial score (nSPS) is 15.1. The van der Waals surface area contributed by atoms with Gasteiger partial charge in [-0.2, -0.15) is 0 Å². The van der Waals surface area contributed by atoms with Crippen molar-refractivity contribution in [3.63, 3.8) is 0 Å². The van der Waals surface area contributed by atoms with Gasteiger partial charge in [0.25, 0.3) is 0 Å². The fourth-order valence-electron chi connectivity index (χ4n) is 1.71. The number of hydrogen-bond donors (Lipinski definition) is 1. The number of rotatable bonds is 1. The summed E-state index contributed by atoms with van der Waals surface area (Å²) < 4.78 is 0. The Kier molecular flexibility index (Phi) is 2.33. The predicted molar refractivity (Wildman–Crippen MR) is 53.3 cm³/mol. The molecule has 0 spiro atoms. The number of phenols is 1. The van der Waals surface area contributed by atoms with E-state index >= 15 is 0 Å². The van der Waals surface area contributed by atoms with Gasteiger partial charge < -0.3 is 10.0 Å². The smallest absolute Gasteiger partial charge is 0.210 e. The summed E-state index contributed by atoms with van der Waals surface area (Å²) in [6, 6.07) is 3.38. The first-order valence-corrected chi connectivity index (χ1v) is 4.78. The lowest BCUT2D eigenvalue weighted by Gasteiger charge is -2.26. The first-order chi connectivity index (χ1) is 6.72. The summed E-state index contributed by atoms with van der Waals surface area (Å²) in [5, 5.41) is 9.81. The van der Waals surface area contributed by atoms with Crippen molar-refractivity contribution in [2.45, 2.75) is 13.0 Å². The van der Waals surface area contributed by atoms with E-state index in [1.807, 2.05) is 6.07 Å². The molecular weight excluding hydrogens is 202 g/mol. The van der Waals surface area contributed by atoms with Crippen LogP contribution in [0, 0.1) is 0 Å². The van der Waals surface area contributed by atoms with Crippen LogP contribution in [0.5, 0.6) is 5.75 Å². The van der Waals surface area contributed by atoms with Gasteiger partial charge in [-0.05, 0) is 23.6 Å². The lowest BCUT2D eigenvalue weighted by molar-refractivity contribution is -0.118. The van der Waals surface area contributed by atoms with E-state index in [0.717, 1.165) is 17.5 Å². The lowest BCUT2D eigenvalue weighted by Crippen LogP contribution is -2.29. The summed E-state index contributed by atoms with van der Waals surface area (Å²) in [7, 11) is 0. The average molecular weight is 212 g/mol. The summed E-state index contributed by atoms with van der Waals surface area (Å²) in [5.74, 6) is 0.116. The highest BCUT2D eigenvalue weighted by atomic mass is 35.5. The number of phenolic OH excluding ortho intramolecular Hbond substituents is 1. The fourth-order valence-corrected chi connectivity index (χ4v) is 1.99. The molecule has 3 nitrogen and oxygen atoms in total. The zero-order chi connectivity index (χ0) is 10.1. The molecular formula is C10H10ClNO2. The summed E-state index contributed by atoms with van der Waals surface area (Å²) in [5.41, 5.74) is 1.98. The zero-order valence-electron chi connectivity index (χ0n) is 7.53. The first kappa shape index (κ1) is 9.34. The van der Waals surface area contributed by atoms with E-state index < -0.39 is 0 Å². The van der Waals surface area contributed by atoms with Crippen molar-refractivity contribution in [1.29, 1.82) is 0 Å². The quantitative estimate of drug-likeness (QED) is 0.717. The third-order valence-electron chi connectivity index (χ3n) is 2.49. The van der Waals surface area contributed by atoms with E-state index in [1.165, 1.54) is 0 Å². The van der Waals surface area contributed by atoms with Gasteiger partial charge in [0.1, 0.15) is 5.75 Å². The van der Waals surface area contributed by atoms with Gasteiger partial charge in [-0.25, -0.2) is 0 Å². The lowest BCUT2D eigenvalue weighted by atomic mass is 10.00. The molecule has 14 heavy (non-hydrogen) atoms. The van der Waals surface area contributed by atoms with E-state index in [0.29, 0.717) is 24.5 Å². The number of carbonyl (C=O) groups excluding carboxylic acids is 1. The van der Waals surface area contributed by atoms with Crippen LogP contribution in [0.4, 0.5) is 0 Å². The molecule has 0 saturated carbocycles. The number of halogens is 1. The van der Waals surface area contributed by atoms with Gasteiger partial charge in [-0.1, -0.05) is 17.7 Å². The molecule has 1 heterocycles. The molecule has 1 amide bonds. The molecule has 0 saturated heterocycles. The second kappa shape index (κ2) is 3.50. The maximum atomic E-state index is 10.6. The minimum atomic E-state index is 0.116. The first-order valence-electron chi connectivity index (χ1n) is 4.41. The standard InChI is InChI=1S/C10H10ClNO2/c11-10-8-3-4-12(6-13)5-7(8)1-2-9(10)14/h1-2,6,14H,3-5H2. The van der Waals surface area contributed by atoms with Crippen LogP contribution in [0.25, 0.3) is 0 Å². The van der Waals surface area contributed by atoms with Crippen molar-refractivity contribution in [1.82, 2.24) is 4.90 Å². The highest BCUT2D eigenvalue weighted by Gasteiger charge is 2.18. The van der Waals surface area contributed by atoms with Crippen LogP contribution in [0.15, 0.2) is 12.1 Å². The molecule has 0 atom stereocenters. The maximum absolute atomic E-state index is 10.6. The van der Waals surface area contributed by atoms with E-state index in [-0.39, 0.29) is 5.75 Å². The maximum Gasteiger partial charge on any atom is 0.210 e. The monoisotopic (exact) mass is 211 g/mol. The number of fused-ring (bicyclic) bond motifs is 1. The van der Waals surface area contributed by atoms with Crippen LogP contribution in [0.3, 0.4) is 0 Å². The molecule has 1 aromatic carbocycles. The Bertz CT molecular complexity index is 379. The Morgan fingerprint density at radius 1 is 1.50 bits per heavy atom. The number of nitrogens with zero attached hydrogens (tertiary/aromatic N) is 1. The molecule has 74 valence electrons. The van der Waals surface area contributed by atoms with Crippen LogP contribution in [0.2, 0.25) is 5.02 Å². The fraction of sp³-hybridized carbons (Fsp3) is 0.300. The van der Waals surface area contributed by atoms with Crippen molar-refractivity contribution in [2.75, 3.05) is 6.54 Å². The summed E-state index contributed by atoms with van der Waals surface area (Å²) >= 11 is 5.95. The van der Waals surface area contributed by atoms with Crippen LogP contribution in [0.1, 0.15) is 11.1 Å². The SMILES string of the molecule is O=CN1CCc2c(ccc(O)c2Cl)C1. The minimum Gasteiger partial charge on any atom is -0.506 e. The number of amides is 1. The molecule has 0 bridgehead atoms. The number of aromatic hydroxyl groups is 1. The van der Waals surface area contributed by atoms with E-state index in [9.17, 15) is 9.90 Å². The predicted octanol–water partition coefficient (Wildman–Crippen LogP) is 1.56. The Balaban J connectivity index is 2.41. The van der Waals surface area contributed by atoms with Crippen molar-refractivity contribution in [3.05, 3.63) is 28.3 Å². The number of benzene rings is 1. The number of hydrogen-bond acceptors (Lipinski definition) is 2. The zero-order valence-corrected chi connectivity index (χ0v) is 8.29. The molecule has 4 heteroatoms. The van der Waals surface area contributed by atoms with Gasteiger partial charge in [0, 0.05) is 13.1 Å². The molecule has 0 aromatic heterocycles. The summed E-state index contributed by atoms with van der Waals surface area (Å²) in [6.45, 7) is 1.25. The van der Waals surface area contributed by atoms with Gasteiger partial charge in [0.05, 0.1) is 5.02 Å². The van der Waals surface area contributed by atoms with Gasteiger partial charge in [-0.3, -0.25) is 4.79 Å². The van der Waals surface area contributed by atoms with Crippen LogP contribution < -0.4 is 0 Å². The van der Waals surface area contributed by atoms with Crippen molar-refractivity contribution in [2.24, 2.45) is 0 Å². The topological polar surface area (TPSA) is 40.5 Å². The molecule has 0 fully saturated rings. The number of carbonyl (C=O) groups is 1. The molecule has 1 aliphatic rings. The van der Waals surface area contributed by atoms with Crippen LogP contribution in [-0.2, 0) is 17.8 Å². The van der Waals surface area contributed by atoms with Gasteiger partial charge in [0.15, 0.2) is 0 Å². The molecule has 0 unspecified atom stereocenters. The largest absolute Gasteiger partial charge is 0.506 e. The molecule has 0 aliphatic carbocycles. The van der Waals surface area contributed by atoms with Gasteiger partial charge >= 0.3 is 0 Å². The van der Waals surface area contributed by atoms with Crippen LogP contribution >= 0.6 is 11.6 Å². The summed E-state index contributed by atoms with van der Waals surface area (Å²) in [6.07, 6.45) is 1.55.